The van der Waals surface area contributed by atoms with E-state index in [4.69, 9.17) is 0 Å². The topological polar surface area (TPSA) is 45.6 Å². The molecule has 2 fully saturated rings. The van der Waals surface area contributed by atoms with E-state index in [1.54, 1.807) is 17.7 Å². The van der Waals surface area contributed by atoms with Crippen molar-refractivity contribution in [1.82, 2.24) is 14.4 Å². The third-order valence-electron chi connectivity index (χ3n) is 5.81. The van der Waals surface area contributed by atoms with E-state index in [2.05, 4.69) is 11.8 Å². The fourth-order valence-corrected chi connectivity index (χ4v) is 4.17. The molecule has 0 bridgehead atoms. The molecular weight excluding hydrogens is 314 g/mol. The number of likely N-dealkylation sites (tertiary alicyclic amines) is 2. The summed E-state index contributed by atoms with van der Waals surface area (Å²) >= 11 is 0. The lowest BCUT2D eigenvalue weighted by Crippen LogP contribution is -2.44. The molecule has 1 aromatic rings. The fourth-order valence-electron chi connectivity index (χ4n) is 4.17. The van der Waals surface area contributed by atoms with Gasteiger partial charge in [0.05, 0.1) is 0 Å². The molecule has 1 aromatic heterocycles. The van der Waals surface area contributed by atoms with Crippen LogP contribution < -0.4 is 5.56 Å². The molecule has 0 N–H and O–H groups in total. The first-order valence-corrected chi connectivity index (χ1v) is 9.72. The highest BCUT2D eigenvalue weighted by Gasteiger charge is 2.28. The van der Waals surface area contributed by atoms with Crippen LogP contribution in [0.2, 0.25) is 0 Å². The quantitative estimate of drug-likeness (QED) is 0.840. The number of rotatable bonds is 4. The number of amides is 1. The van der Waals surface area contributed by atoms with Crippen molar-refractivity contribution in [2.45, 2.75) is 44.9 Å². The van der Waals surface area contributed by atoms with Crippen LogP contribution in [-0.4, -0.2) is 53.0 Å². The molecular formula is C20H31N3O2. The molecule has 1 unspecified atom stereocenters. The number of carbonyl (C=O) groups is 1. The molecule has 0 spiro atoms. The van der Waals surface area contributed by atoms with Gasteiger partial charge in [-0.3, -0.25) is 9.59 Å². The van der Waals surface area contributed by atoms with Gasteiger partial charge in [0.2, 0.25) is 5.91 Å². The van der Waals surface area contributed by atoms with Gasteiger partial charge in [-0.15, -0.1) is 0 Å². The molecule has 2 aliphatic heterocycles. The molecule has 138 valence electrons. The van der Waals surface area contributed by atoms with Crippen LogP contribution in [0.15, 0.2) is 23.1 Å². The summed E-state index contributed by atoms with van der Waals surface area (Å²) in [6.07, 6.45) is 7.61. The predicted octanol–water partition coefficient (Wildman–Crippen LogP) is 2.21. The Morgan fingerprint density at radius 1 is 1.16 bits per heavy atom. The predicted molar refractivity (Wildman–Crippen MR) is 99.7 cm³/mol. The van der Waals surface area contributed by atoms with E-state index in [-0.39, 0.29) is 11.5 Å². The summed E-state index contributed by atoms with van der Waals surface area (Å²) in [6.45, 7) is 6.87. The van der Waals surface area contributed by atoms with Gasteiger partial charge in [0.25, 0.3) is 5.56 Å². The molecule has 0 aromatic carbocycles. The van der Waals surface area contributed by atoms with Gasteiger partial charge in [0.1, 0.15) is 0 Å². The average Bonchev–Trinajstić information content (AvgIpc) is 2.64. The summed E-state index contributed by atoms with van der Waals surface area (Å²) in [5.74, 6) is 0.780. The van der Waals surface area contributed by atoms with Crippen molar-refractivity contribution in [3.63, 3.8) is 0 Å². The summed E-state index contributed by atoms with van der Waals surface area (Å²) in [6, 6.07) is 3.80. The minimum absolute atomic E-state index is 0.0474. The van der Waals surface area contributed by atoms with Crippen molar-refractivity contribution >= 4 is 5.91 Å². The van der Waals surface area contributed by atoms with Gasteiger partial charge in [-0.05, 0) is 56.3 Å². The highest BCUT2D eigenvalue weighted by molar-refractivity contribution is 5.78. The summed E-state index contributed by atoms with van der Waals surface area (Å²) in [7, 11) is 1.77. The Balaban J connectivity index is 1.51. The normalized spacial score (nSPS) is 21.3. The molecule has 0 saturated carbocycles. The van der Waals surface area contributed by atoms with Crippen LogP contribution >= 0.6 is 0 Å². The van der Waals surface area contributed by atoms with Crippen molar-refractivity contribution in [3.05, 3.63) is 34.2 Å². The van der Waals surface area contributed by atoms with Gasteiger partial charge in [0, 0.05) is 44.9 Å². The number of hydrogen-bond donors (Lipinski definition) is 0. The number of hydrogen-bond acceptors (Lipinski definition) is 3. The Kier molecular flexibility index (Phi) is 5.94. The van der Waals surface area contributed by atoms with Crippen LogP contribution in [0.25, 0.3) is 0 Å². The Labute approximate surface area is 150 Å². The van der Waals surface area contributed by atoms with Gasteiger partial charge < -0.3 is 14.4 Å². The van der Waals surface area contributed by atoms with Crippen molar-refractivity contribution in [1.29, 1.82) is 0 Å². The minimum atomic E-state index is 0.0474. The Bertz CT molecular complexity index is 641. The van der Waals surface area contributed by atoms with Crippen molar-refractivity contribution < 1.29 is 4.79 Å². The third-order valence-corrected chi connectivity index (χ3v) is 5.81. The summed E-state index contributed by atoms with van der Waals surface area (Å²) < 4.78 is 1.60. The zero-order chi connectivity index (χ0) is 17.8. The van der Waals surface area contributed by atoms with Crippen molar-refractivity contribution in [2.24, 2.45) is 13.0 Å². The van der Waals surface area contributed by atoms with Gasteiger partial charge in [-0.1, -0.05) is 13.3 Å². The first-order chi connectivity index (χ1) is 12.0. The minimum Gasteiger partial charge on any atom is -0.342 e. The second-order valence-electron chi connectivity index (χ2n) is 7.77. The number of piperidine rings is 2. The lowest BCUT2D eigenvalue weighted by molar-refractivity contribution is -0.136. The molecule has 3 heterocycles. The Morgan fingerprint density at radius 3 is 2.48 bits per heavy atom. The van der Waals surface area contributed by atoms with Crippen molar-refractivity contribution in [2.75, 3.05) is 32.7 Å². The first-order valence-electron chi connectivity index (χ1n) is 9.72. The summed E-state index contributed by atoms with van der Waals surface area (Å²) in [4.78, 5) is 29.1. The van der Waals surface area contributed by atoms with Gasteiger partial charge in [-0.25, -0.2) is 0 Å². The number of pyridine rings is 1. The Morgan fingerprint density at radius 2 is 1.84 bits per heavy atom. The van der Waals surface area contributed by atoms with E-state index in [1.807, 2.05) is 17.2 Å². The van der Waals surface area contributed by atoms with Crippen LogP contribution in [0.4, 0.5) is 0 Å². The fraction of sp³-hybridized carbons (Fsp3) is 0.700. The van der Waals surface area contributed by atoms with E-state index >= 15 is 0 Å². The smallest absolute Gasteiger partial charge is 0.250 e. The van der Waals surface area contributed by atoms with E-state index in [0.29, 0.717) is 11.8 Å². The second-order valence-corrected chi connectivity index (χ2v) is 7.77. The van der Waals surface area contributed by atoms with Gasteiger partial charge >= 0.3 is 0 Å². The van der Waals surface area contributed by atoms with Crippen LogP contribution in [0.5, 0.6) is 0 Å². The van der Waals surface area contributed by atoms with Crippen LogP contribution in [0.3, 0.4) is 0 Å². The van der Waals surface area contributed by atoms with Crippen LogP contribution in [-0.2, 0) is 11.8 Å². The zero-order valence-electron chi connectivity index (χ0n) is 15.6. The van der Waals surface area contributed by atoms with E-state index < -0.39 is 0 Å². The van der Waals surface area contributed by atoms with Crippen molar-refractivity contribution in [3.8, 4) is 0 Å². The lowest BCUT2D eigenvalue weighted by Gasteiger charge is -2.35. The maximum atomic E-state index is 12.8. The SMILES string of the molecule is CC(CN1CCCCC1)C(=O)N1CCC(c2ccn(C)c(=O)c2)CC1. The monoisotopic (exact) mass is 345 g/mol. The molecule has 0 aliphatic carbocycles. The van der Waals surface area contributed by atoms with Gasteiger partial charge in [0.15, 0.2) is 0 Å². The molecule has 1 amide bonds. The maximum absolute atomic E-state index is 12.8. The van der Waals surface area contributed by atoms with Crippen LogP contribution in [0.1, 0.15) is 50.5 Å². The Hall–Kier alpha value is -1.62. The number of aromatic nitrogens is 1. The largest absolute Gasteiger partial charge is 0.342 e. The first kappa shape index (κ1) is 18.2. The van der Waals surface area contributed by atoms with E-state index in [1.165, 1.54) is 19.3 Å². The maximum Gasteiger partial charge on any atom is 0.250 e. The summed E-state index contributed by atoms with van der Waals surface area (Å²) in [5.41, 5.74) is 1.17. The molecule has 5 nitrogen and oxygen atoms in total. The molecule has 2 saturated heterocycles. The molecule has 1 atom stereocenters. The second kappa shape index (κ2) is 8.17. The summed E-state index contributed by atoms with van der Waals surface area (Å²) in [5, 5.41) is 0. The van der Waals surface area contributed by atoms with E-state index in [9.17, 15) is 9.59 Å². The highest BCUT2D eigenvalue weighted by Crippen LogP contribution is 2.28. The zero-order valence-corrected chi connectivity index (χ0v) is 15.6. The highest BCUT2D eigenvalue weighted by atomic mass is 16.2. The van der Waals surface area contributed by atoms with Crippen LogP contribution in [0, 0.1) is 5.92 Å². The molecule has 5 heteroatoms. The van der Waals surface area contributed by atoms with Gasteiger partial charge in [-0.2, -0.15) is 0 Å². The number of nitrogens with zero attached hydrogens (tertiary/aromatic N) is 3. The molecule has 0 radical (unpaired) electrons. The molecule has 2 aliphatic rings. The standard InChI is InChI=1S/C20H31N3O2/c1-16(15-22-9-4-3-5-10-22)20(25)23-12-7-17(8-13-23)18-6-11-21(2)19(24)14-18/h6,11,14,16-17H,3-5,7-10,12-13,15H2,1-2H3. The lowest BCUT2D eigenvalue weighted by atomic mass is 9.89. The number of carbonyl (C=O) groups excluding carboxylic acids is 1. The van der Waals surface area contributed by atoms with E-state index in [0.717, 1.165) is 51.1 Å². The molecule has 3 rings (SSSR count). The third kappa shape index (κ3) is 4.51. The number of aryl methyl sites for hydroxylation is 1. The average molecular weight is 345 g/mol. The molecule has 25 heavy (non-hydrogen) atoms.